The number of ether oxygens (including phenoxy) is 1. The van der Waals surface area contributed by atoms with Crippen molar-refractivity contribution in [2.45, 2.75) is 0 Å². The Kier molecular flexibility index (Phi) is 4.16. The van der Waals surface area contributed by atoms with Crippen molar-refractivity contribution in [3.63, 3.8) is 0 Å². The summed E-state index contributed by atoms with van der Waals surface area (Å²) >= 11 is 0. The van der Waals surface area contributed by atoms with E-state index >= 15 is 0 Å². The topological polar surface area (TPSA) is 67.9 Å². The standard InChI is InChI=1S/C18H13N3O2/c19-11-12-23-18(22)17-13-16(14-7-3-1-4-8-14)20-21(17)15-9-5-2-6-10-15/h1-10,13H,12H2. The van der Waals surface area contributed by atoms with Crippen LogP contribution >= 0.6 is 0 Å². The van der Waals surface area contributed by atoms with Gasteiger partial charge in [0.2, 0.25) is 0 Å². The van der Waals surface area contributed by atoms with Crippen LogP contribution in [0.1, 0.15) is 10.5 Å². The van der Waals surface area contributed by atoms with Gasteiger partial charge in [0, 0.05) is 5.56 Å². The van der Waals surface area contributed by atoms with Crippen molar-refractivity contribution >= 4 is 5.97 Å². The van der Waals surface area contributed by atoms with Gasteiger partial charge in [-0.3, -0.25) is 0 Å². The highest BCUT2D eigenvalue weighted by atomic mass is 16.5. The lowest BCUT2D eigenvalue weighted by molar-refractivity contribution is 0.0544. The minimum Gasteiger partial charge on any atom is -0.446 e. The van der Waals surface area contributed by atoms with Crippen LogP contribution in [0.2, 0.25) is 0 Å². The van der Waals surface area contributed by atoms with Crippen molar-refractivity contribution in [3.05, 3.63) is 72.4 Å². The van der Waals surface area contributed by atoms with Crippen LogP contribution in [0.25, 0.3) is 16.9 Å². The third kappa shape index (κ3) is 3.11. The Morgan fingerprint density at radius 3 is 2.39 bits per heavy atom. The van der Waals surface area contributed by atoms with E-state index in [0.717, 1.165) is 11.3 Å². The number of carbonyl (C=O) groups excluding carboxylic acids is 1. The second-order valence-electron chi connectivity index (χ2n) is 4.76. The lowest BCUT2D eigenvalue weighted by Gasteiger charge is -2.05. The van der Waals surface area contributed by atoms with Gasteiger partial charge >= 0.3 is 5.97 Å². The Balaban J connectivity index is 2.07. The number of carbonyl (C=O) groups is 1. The predicted molar refractivity (Wildman–Crippen MR) is 84.9 cm³/mol. The Bertz CT molecular complexity index is 849. The molecule has 112 valence electrons. The maximum Gasteiger partial charge on any atom is 0.358 e. The fraction of sp³-hybridized carbons (Fsp3) is 0.0556. The van der Waals surface area contributed by atoms with E-state index < -0.39 is 5.97 Å². The SMILES string of the molecule is N#CCOC(=O)c1cc(-c2ccccc2)nn1-c1ccccc1. The number of rotatable bonds is 4. The number of esters is 1. The summed E-state index contributed by atoms with van der Waals surface area (Å²) in [4.78, 5) is 12.2. The molecule has 3 rings (SSSR count). The number of nitriles is 1. The van der Waals surface area contributed by atoms with E-state index in [9.17, 15) is 4.79 Å². The zero-order valence-electron chi connectivity index (χ0n) is 12.2. The molecule has 0 fully saturated rings. The summed E-state index contributed by atoms with van der Waals surface area (Å²) in [6.07, 6.45) is 0. The zero-order valence-corrected chi connectivity index (χ0v) is 12.2. The number of aromatic nitrogens is 2. The van der Waals surface area contributed by atoms with Crippen molar-refractivity contribution in [3.8, 4) is 23.0 Å². The van der Waals surface area contributed by atoms with Gasteiger partial charge in [0.1, 0.15) is 6.07 Å². The van der Waals surface area contributed by atoms with E-state index in [0.29, 0.717) is 5.69 Å². The third-order valence-corrected chi connectivity index (χ3v) is 3.26. The van der Waals surface area contributed by atoms with Gasteiger partial charge < -0.3 is 4.74 Å². The van der Waals surface area contributed by atoms with E-state index in [1.807, 2.05) is 60.7 Å². The van der Waals surface area contributed by atoms with Gasteiger partial charge in [-0.05, 0) is 18.2 Å². The molecule has 1 heterocycles. The molecule has 2 aromatic carbocycles. The normalized spacial score (nSPS) is 10.0. The van der Waals surface area contributed by atoms with Crippen LogP contribution < -0.4 is 0 Å². The molecule has 0 N–H and O–H groups in total. The molecule has 1 aromatic heterocycles. The van der Waals surface area contributed by atoms with Crippen LogP contribution in [0.15, 0.2) is 66.7 Å². The summed E-state index contributed by atoms with van der Waals surface area (Å²) in [5.74, 6) is -0.579. The van der Waals surface area contributed by atoms with Crippen molar-refractivity contribution in [2.75, 3.05) is 6.61 Å². The molecular formula is C18H13N3O2. The molecule has 0 amide bonds. The summed E-state index contributed by atoms with van der Waals surface area (Å²) in [6.45, 7) is -0.292. The van der Waals surface area contributed by atoms with Gasteiger partial charge in [0.05, 0.1) is 11.4 Å². The first-order valence-electron chi connectivity index (χ1n) is 7.04. The van der Waals surface area contributed by atoms with Crippen molar-refractivity contribution in [1.29, 1.82) is 5.26 Å². The van der Waals surface area contributed by atoms with Crippen molar-refractivity contribution < 1.29 is 9.53 Å². The zero-order chi connectivity index (χ0) is 16.1. The molecule has 0 bridgehead atoms. The average Bonchev–Trinajstić information content (AvgIpc) is 3.07. The molecule has 0 spiro atoms. The summed E-state index contributed by atoms with van der Waals surface area (Å²) in [6, 6.07) is 22.3. The average molecular weight is 303 g/mol. The van der Waals surface area contributed by atoms with E-state index in [2.05, 4.69) is 5.10 Å². The Morgan fingerprint density at radius 2 is 1.74 bits per heavy atom. The molecule has 0 radical (unpaired) electrons. The van der Waals surface area contributed by atoms with Gasteiger partial charge in [-0.2, -0.15) is 10.4 Å². The molecule has 0 saturated carbocycles. The molecule has 3 aromatic rings. The second-order valence-corrected chi connectivity index (χ2v) is 4.76. The summed E-state index contributed by atoms with van der Waals surface area (Å²) in [5, 5.41) is 13.1. The first-order valence-corrected chi connectivity index (χ1v) is 7.04. The van der Waals surface area contributed by atoms with Gasteiger partial charge in [-0.1, -0.05) is 48.5 Å². The number of benzene rings is 2. The molecule has 0 saturated heterocycles. The molecule has 5 heteroatoms. The lowest BCUT2D eigenvalue weighted by atomic mass is 10.1. The minimum atomic E-state index is -0.579. The molecule has 0 atom stereocenters. The van der Waals surface area contributed by atoms with Crippen LogP contribution in [0.5, 0.6) is 0 Å². The quantitative estimate of drug-likeness (QED) is 0.694. The number of hydrogen-bond donors (Lipinski definition) is 0. The summed E-state index contributed by atoms with van der Waals surface area (Å²) < 4.78 is 6.46. The van der Waals surface area contributed by atoms with Crippen LogP contribution in [-0.4, -0.2) is 22.4 Å². The van der Waals surface area contributed by atoms with Crippen LogP contribution in [-0.2, 0) is 4.74 Å². The largest absolute Gasteiger partial charge is 0.446 e. The summed E-state index contributed by atoms with van der Waals surface area (Å²) in [7, 11) is 0. The number of hydrogen-bond acceptors (Lipinski definition) is 4. The highest BCUT2D eigenvalue weighted by Crippen LogP contribution is 2.22. The predicted octanol–water partition coefficient (Wildman–Crippen LogP) is 3.22. The van der Waals surface area contributed by atoms with Crippen LogP contribution in [0.3, 0.4) is 0 Å². The van der Waals surface area contributed by atoms with Gasteiger partial charge in [-0.15, -0.1) is 0 Å². The van der Waals surface area contributed by atoms with E-state index in [1.165, 1.54) is 4.68 Å². The monoisotopic (exact) mass is 303 g/mol. The maximum absolute atomic E-state index is 12.2. The van der Waals surface area contributed by atoms with Crippen LogP contribution in [0.4, 0.5) is 0 Å². The fourth-order valence-electron chi connectivity index (χ4n) is 2.21. The molecule has 23 heavy (non-hydrogen) atoms. The molecule has 0 aliphatic rings. The Labute approximate surface area is 133 Å². The van der Waals surface area contributed by atoms with E-state index in [4.69, 9.17) is 10.00 Å². The summed E-state index contributed by atoms with van der Waals surface area (Å²) in [5.41, 5.74) is 2.60. The molecule has 0 unspecified atom stereocenters. The Morgan fingerprint density at radius 1 is 1.09 bits per heavy atom. The van der Waals surface area contributed by atoms with Gasteiger partial charge in [0.25, 0.3) is 0 Å². The molecule has 5 nitrogen and oxygen atoms in total. The number of para-hydroxylation sites is 1. The molecule has 0 aliphatic heterocycles. The minimum absolute atomic E-state index is 0.283. The van der Waals surface area contributed by atoms with Crippen molar-refractivity contribution in [1.82, 2.24) is 9.78 Å². The molecular weight excluding hydrogens is 290 g/mol. The highest BCUT2D eigenvalue weighted by molar-refractivity contribution is 5.90. The van der Waals surface area contributed by atoms with Crippen LogP contribution in [0, 0.1) is 11.3 Å². The second kappa shape index (κ2) is 6.58. The van der Waals surface area contributed by atoms with E-state index in [1.54, 1.807) is 12.1 Å². The third-order valence-electron chi connectivity index (χ3n) is 3.26. The maximum atomic E-state index is 12.2. The smallest absolute Gasteiger partial charge is 0.358 e. The molecule has 0 aliphatic carbocycles. The lowest BCUT2D eigenvalue weighted by Crippen LogP contribution is -2.12. The van der Waals surface area contributed by atoms with Gasteiger partial charge in [-0.25, -0.2) is 9.48 Å². The van der Waals surface area contributed by atoms with Crippen molar-refractivity contribution in [2.24, 2.45) is 0 Å². The van der Waals surface area contributed by atoms with E-state index in [-0.39, 0.29) is 12.3 Å². The Hall–Kier alpha value is -3.39. The first kappa shape index (κ1) is 14.5. The fourth-order valence-corrected chi connectivity index (χ4v) is 2.21. The number of nitrogens with zero attached hydrogens (tertiary/aromatic N) is 3. The van der Waals surface area contributed by atoms with Gasteiger partial charge in [0.15, 0.2) is 12.3 Å². The highest BCUT2D eigenvalue weighted by Gasteiger charge is 2.18. The first-order chi connectivity index (χ1) is 11.3.